The Morgan fingerprint density at radius 1 is 1.41 bits per heavy atom. The molecule has 2 rings (SSSR count). The molecule has 1 aromatic heterocycles. The first kappa shape index (κ1) is 15.5. The zero-order chi connectivity index (χ0) is 16.3. The van der Waals surface area contributed by atoms with Gasteiger partial charge in [0.25, 0.3) is 0 Å². The Bertz CT molecular complexity index is 825. The first-order valence-corrected chi connectivity index (χ1v) is 6.69. The van der Waals surface area contributed by atoms with Gasteiger partial charge in [0.05, 0.1) is 18.0 Å². The Kier molecular flexibility index (Phi) is 4.41. The van der Waals surface area contributed by atoms with Gasteiger partial charge < -0.3 is 9.32 Å². The third kappa shape index (κ3) is 3.06. The van der Waals surface area contributed by atoms with Gasteiger partial charge in [0.15, 0.2) is 11.4 Å². The van der Waals surface area contributed by atoms with Gasteiger partial charge in [-0.1, -0.05) is 0 Å². The van der Waals surface area contributed by atoms with Crippen molar-refractivity contribution in [3.8, 4) is 6.07 Å². The minimum absolute atomic E-state index is 0.135. The van der Waals surface area contributed by atoms with Crippen LogP contribution in [0.5, 0.6) is 0 Å². The van der Waals surface area contributed by atoms with Crippen LogP contribution < -0.4 is 5.76 Å². The summed E-state index contributed by atoms with van der Waals surface area (Å²) in [6, 6.07) is 6.61. The second kappa shape index (κ2) is 6.26. The van der Waals surface area contributed by atoms with Crippen molar-refractivity contribution in [2.75, 3.05) is 13.6 Å². The van der Waals surface area contributed by atoms with E-state index in [2.05, 4.69) is 0 Å². The van der Waals surface area contributed by atoms with E-state index in [9.17, 15) is 14.4 Å². The van der Waals surface area contributed by atoms with Gasteiger partial charge in [-0.05, 0) is 25.1 Å². The number of aromatic nitrogens is 1. The number of hydrogen-bond donors (Lipinski definition) is 0. The van der Waals surface area contributed by atoms with E-state index in [4.69, 9.17) is 9.68 Å². The third-order valence-corrected chi connectivity index (χ3v) is 3.35. The number of amides is 1. The molecule has 114 valence electrons. The highest BCUT2D eigenvalue weighted by atomic mass is 16.4. The monoisotopic (exact) mass is 301 g/mol. The average molecular weight is 301 g/mol. The number of nitriles is 1. The molecule has 22 heavy (non-hydrogen) atoms. The average Bonchev–Trinajstić information content (AvgIpc) is 2.79. The number of hydrogen-bond acceptors (Lipinski definition) is 5. The number of ketones is 1. The van der Waals surface area contributed by atoms with Crippen LogP contribution in [0, 0.1) is 11.3 Å². The molecule has 2 aromatic rings. The van der Waals surface area contributed by atoms with Gasteiger partial charge in [0.2, 0.25) is 5.91 Å². The number of fused-ring (bicyclic) bond motifs is 1. The predicted octanol–water partition coefficient (Wildman–Crippen LogP) is 1.17. The van der Waals surface area contributed by atoms with E-state index in [0.29, 0.717) is 17.6 Å². The molecular formula is C15H15N3O4. The topological polar surface area (TPSA) is 96.3 Å². The summed E-state index contributed by atoms with van der Waals surface area (Å²) >= 11 is 0. The van der Waals surface area contributed by atoms with Crippen molar-refractivity contribution in [3.05, 3.63) is 34.3 Å². The number of oxazole rings is 1. The summed E-state index contributed by atoms with van der Waals surface area (Å²) in [5, 5.41) is 8.52. The second-order valence-corrected chi connectivity index (χ2v) is 4.92. The van der Waals surface area contributed by atoms with E-state index in [1.54, 1.807) is 19.2 Å². The molecule has 7 heteroatoms. The van der Waals surface area contributed by atoms with Gasteiger partial charge in [-0.25, -0.2) is 4.79 Å². The minimum Gasteiger partial charge on any atom is -0.408 e. The van der Waals surface area contributed by atoms with Crippen molar-refractivity contribution in [1.82, 2.24) is 9.47 Å². The van der Waals surface area contributed by atoms with Crippen LogP contribution in [0.15, 0.2) is 27.4 Å². The lowest BCUT2D eigenvalue weighted by Gasteiger charge is -2.15. The molecule has 1 aromatic carbocycles. The van der Waals surface area contributed by atoms with Crippen molar-refractivity contribution in [1.29, 1.82) is 5.26 Å². The van der Waals surface area contributed by atoms with Crippen LogP contribution in [0.1, 0.15) is 23.7 Å². The Morgan fingerprint density at radius 3 is 2.77 bits per heavy atom. The largest absolute Gasteiger partial charge is 0.420 e. The molecule has 0 fully saturated rings. The smallest absolute Gasteiger partial charge is 0.408 e. The Hall–Kier alpha value is -2.88. The maximum atomic E-state index is 12.0. The number of Topliss-reactive ketones (excluding diaryl/α,β-unsaturated/α-hetero) is 1. The number of rotatable bonds is 5. The van der Waals surface area contributed by atoms with Crippen LogP contribution in [-0.4, -0.2) is 34.7 Å². The maximum absolute atomic E-state index is 12.0. The summed E-state index contributed by atoms with van der Waals surface area (Å²) in [5.74, 6) is -1.09. The summed E-state index contributed by atoms with van der Waals surface area (Å²) < 4.78 is 6.30. The van der Waals surface area contributed by atoms with Crippen LogP contribution >= 0.6 is 0 Å². The maximum Gasteiger partial charge on any atom is 0.420 e. The van der Waals surface area contributed by atoms with Crippen molar-refractivity contribution in [2.45, 2.75) is 19.9 Å². The highest BCUT2D eigenvalue weighted by Crippen LogP contribution is 2.15. The van der Waals surface area contributed by atoms with Gasteiger partial charge >= 0.3 is 5.76 Å². The molecular weight excluding hydrogens is 286 g/mol. The molecule has 0 atom stereocenters. The summed E-state index contributed by atoms with van der Waals surface area (Å²) in [5.41, 5.74) is 1.16. The first-order chi connectivity index (χ1) is 10.4. The highest BCUT2D eigenvalue weighted by molar-refractivity contribution is 5.97. The standard InChI is InChI=1S/C15H15N3O4/c1-10(19)11-4-5-12-13(8-11)22-15(21)18(12)9-14(20)17(2)7-3-6-16/h4-5,8H,3,7,9H2,1-2H3. The fraction of sp³-hybridized carbons (Fsp3) is 0.333. The normalized spacial score (nSPS) is 10.4. The fourth-order valence-electron chi connectivity index (χ4n) is 2.03. The summed E-state index contributed by atoms with van der Waals surface area (Å²) in [6.07, 6.45) is 0.227. The number of likely N-dealkylation sites (N-methyl/N-ethyl adjacent to an activating group) is 1. The molecule has 7 nitrogen and oxygen atoms in total. The lowest BCUT2D eigenvalue weighted by molar-refractivity contribution is -0.130. The molecule has 0 saturated heterocycles. The molecule has 0 N–H and O–H groups in total. The molecule has 1 amide bonds. The molecule has 0 bridgehead atoms. The van der Waals surface area contributed by atoms with Crippen LogP contribution in [0.3, 0.4) is 0 Å². The molecule has 0 radical (unpaired) electrons. The first-order valence-electron chi connectivity index (χ1n) is 6.69. The quantitative estimate of drug-likeness (QED) is 0.772. The lowest BCUT2D eigenvalue weighted by atomic mass is 10.1. The van der Waals surface area contributed by atoms with Gasteiger partial charge in [-0.2, -0.15) is 5.26 Å². The zero-order valence-corrected chi connectivity index (χ0v) is 12.3. The van der Waals surface area contributed by atoms with Crippen LogP contribution in [0.4, 0.5) is 0 Å². The Morgan fingerprint density at radius 2 is 2.14 bits per heavy atom. The number of benzene rings is 1. The van der Waals surface area contributed by atoms with Crippen LogP contribution in [-0.2, 0) is 11.3 Å². The fourth-order valence-corrected chi connectivity index (χ4v) is 2.03. The lowest BCUT2D eigenvalue weighted by Crippen LogP contribution is -2.33. The van der Waals surface area contributed by atoms with E-state index in [1.807, 2.05) is 6.07 Å². The van der Waals surface area contributed by atoms with Gasteiger partial charge in [0, 0.05) is 19.2 Å². The van der Waals surface area contributed by atoms with Crippen molar-refractivity contribution < 1.29 is 14.0 Å². The molecule has 0 saturated carbocycles. The van der Waals surface area contributed by atoms with E-state index in [0.717, 1.165) is 0 Å². The zero-order valence-electron chi connectivity index (χ0n) is 12.3. The van der Waals surface area contributed by atoms with E-state index in [-0.39, 0.29) is 30.2 Å². The predicted molar refractivity (Wildman–Crippen MR) is 78.3 cm³/mol. The van der Waals surface area contributed by atoms with Crippen molar-refractivity contribution in [2.24, 2.45) is 0 Å². The van der Waals surface area contributed by atoms with Crippen LogP contribution in [0.25, 0.3) is 11.1 Å². The SMILES string of the molecule is CC(=O)c1ccc2c(c1)oc(=O)n2CC(=O)N(C)CCC#N. The third-order valence-electron chi connectivity index (χ3n) is 3.35. The van der Waals surface area contributed by atoms with Crippen LogP contribution in [0.2, 0.25) is 0 Å². The van der Waals surface area contributed by atoms with Gasteiger partial charge in [-0.15, -0.1) is 0 Å². The molecule has 0 spiro atoms. The minimum atomic E-state index is -0.655. The van der Waals surface area contributed by atoms with Gasteiger partial charge in [-0.3, -0.25) is 14.2 Å². The van der Waals surface area contributed by atoms with Gasteiger partial charge in [0.1, 0.15) is 6.54 Å². The van der Waals surface area contributed by atoms with Crippen molar-refractivity contribution in [3.63, 3.8) is 0 Å². The molecule has 0 aliphatic heterocycles. The van der Waals surface area contributed by atoms with E-state index < -0.39 is 5.76 Å². The van der Waals surface area contributed by atoms with E-state index in [1.165, 1.54) is 22.5 Å². The number of carbonyl (C=O) groups excluding carboxylic acids is 2. The summed E-state index contributed by atoms with van der Waals surface area (Å²) in [7, 11) is 1.57. The second-order valence-electron chi connectivity index (χ2n) is 4.92. The summed E-state index contributed by atoms with van der Waals surface area (Å²) in [6.45, 7) is 1.55. The molecule has 0 aliphatic carbocycles. The molecule has 1 heterocycles. The summed E-state index contributed by atoms with van der Waals surface area (Å²) in [4.78, 5) is 36.7. The number of nitrogens with zero attached hydrogens (tertiary/aromatic N) is 3. The molecule has 0 aliphatic rings. The van der Waals surface area contributed by atoms with E-state index >= 15 is 0 Å². The Labute approximate surface area is 126 Å². The molecule has 0 unspecified atom stereocenters. The highest BCUT2D eigenvalue weighted by Gasteiger charge is 2.16. The Balaban J connectivity index is 2.30. The van der Waals surface area contributed by atoms with Crippen molar-refractivity contribution >= 4 is 22.8 Å². The number of carbonyl (C=O) groups is 2.